The second-order valence-corrected chi connectivity index (χ2v) is 5.37. The molecule has 1 aromatic heterocycles. The Balaban J connectivity index is 1.99. The van der Waals surface area contributed by atoms with E-state index in [1.807, 2.05) is 17.0 Å². The van der Waals surface area contributed by atoms with E-state index in [9.17, 15) is 9.90 Å². The number of anilines is 1. The third-order valence-electron chi connectivity index (χ3n) is 3.20. The molecule has 19 heavy (non-hydrogen) atoms. The maximum absolute atomic E-state index is 11.3. The number of hydrogen-bond donors (Lipinski definition) is 1. The van der Waals surface area contributed by atoms with Crippen LogP contribution in [0, 0.1) is 0 Å². The fourth-order valence-corrected chi connectivity index (χ4v) is 2.66. The number of aromatic nitrogens is 1. The van der Waals surface area contributed by atoms with E-state index < -0.39 is 5.97 Å². The van der Waals surface area contributed by atoms with Crippen molar-refractivity contribution in [3.05, 3.63) is 57.7 Å². The van der Waals surface area contributed by atoms with Gasteiger partial charge in [-0.25, -0.2) is 9.78 Å². The van der Waals surface area contributed by atoms with E-state index in [2.05, 4.69) is 33.0 Å². The van der Waals surface area contributed by atoms with E-state index in [1.165, 1.54) is 11.1 Å². The first-order chi connectivity index (χ1) is 9.15. The average molecular weight is 319 g/mol. The first-order valence-corrected chi connectivity index (χ1v) is 6.65. The molecule has 0 fully saturated rings. The van der Waals surface area contributed by atoms with Crippen molar-refractivity contribution in [1.82, 2.24) is 4.98 Å². The number of hydrogen-bond acceptors (Lipinski definition) is 3. The van der Waals surface area contributed by atoms with Crippen LogP contribution in [0.5, 0.6) is 0 Å². The van der Waals surface area contributed by atoms with Gasteiger partial charge in [0.05, 0.1) is 0 Å². The summed E-state index contributed by atoms with van der Waals surface area (Å²) in [5.74, 6) is -0.438. The maximum atomic E-state index is 11.3. The quantitative estimate of drug-likeness (QED) is 0.924. The fraction of sp³-hybridized carbons (Fsp3) is 0.143. The number of rotatable bonds is 2. The first-order valence-electron chi connectivity index (χ1n) is 5.86. The van der Waals surface area contributed by atoms with Crippen LogP contribution in [0.1, 0.15) is 21.5 Å². The molecular weight excluding hydrogens is 308 g/mol. The molecule has 0 radical (unpaired) electrons. The molecule has 1 N–H and O–H groups in total. The largest absolute Gasteiger partial charge is 0.478 e. The molecule has 0 aliphatic carbocycles. The van der Waals surface area contributed by atoms with Gasteiger partial charge in [-0.05, 0) is 33.1 Å². The van der Waals surface area contributed by atoms with E-state index in [0.29, 0.717) is 23.4 Å². The molecule has 2 heterocycles. The van der Waals surface area contributed by atoms with E-state index in [1.54, 1.807) is 12.3 Å². The highest BCUT2D eigenvalue weighted by Gasteiger charge is 2.24. The second-order valence-electron chi connectivity index (χ2n) is 4.45. The fourth-order valence-electron chi connectivity index (χ4n) is 2.32. The molecule has 3 rings (SSSR count). The smallest absolute Gasteiger partial charge is 0.339 e. The lowest BCUT2D eigenvalue weighted by atomic mass is 10.1. The molecule has 0 amide bonds. The van der Waals surface area contributed by atoms with Crippen molar-refractivity contribution < 1.29 is 9.90 Å². The van der Waals surface area contributed by atoms with Crippen LogP contribution < -0.4 is 4.90 Å². The Morgan fingerprint density at radius 3 is 2.47 bits per heavy atom. The van der Waals surface area contributed by atoms with Gasteiger partial charge in [-0.3, -0.25) is 0 Å². The Hall–Kier alpha value is -1.88. The maximum Gasteiger partial charge on any atom is 0.339 e. The van der Waals surface area contributed by atoms with Gasteiger partial charge in [-0.2, -0.15) is 0 Å². The molecule has 96 valence electrons. The van der Waals surface area contributed by atoms with Crippen LogP contribution in [0.3, 0.4) is 0 Å². The SMILES string of the molecule is O=C(O)c1cc(Br)cnc1N1Cc2ccccc2C1. The standard InChI is InChI=1S/C14H11BrN2O2/c15-11-5-12(14(18)19)13(16-6-11)17-7-9-3-1-2-4-10(9)8-17/h1-6H,7-8H2,(H,18,19). The Kier molecular flexibility index (Phi) is 2.98. The van der Waals surface area contributed by atoms with Crippen molar-refractivity contribution in [3.8, 4) is 0 Å². The van der Waals surface area contributed by atoms with Crippen molar-refractivity contribution in [2.75, 3.05) is 4.90 Å². The van der Waals surface area contributed by atoms with E-state index in [-0.39, 0.29) is 5.56 Å². The summed E-state index contributed by atoms with van der Waals surface area (Å²) in [4.78, 5) is 17.6. The molecule has 4 nitrogen and oxygen atoms in total. The summed E-state index contributed by atoms with van der Waals surface area (Å²) in [6, 6.07) is 9.71. The lowest BCUT2D eigenvalue weighted by Crippen LogP contribution is -2.19. The van der Waals surface area contributed by atoms with Gasteiger partial charge in [0.1, 0.15) is 11.4 Å². The van der Waals surface area contributed by atoms with Crippen LogP contribution in [0.25, 0.3) is 0 Å². The molecule has 0 bridgehead atoms. The minimum Gasteiger partial charge on any atom is -0.478 e. The molecule has 5 heteroatoms. The van der Waals surface area contributed by atoms with Crippen LogP contribution >= 0.6 is 15.9 Å². The van der Waals surface area contributed by atoms with Crippen molar-refractivity contribution in [3.63, 3.8) is 0 Å². The third-order valence-corrected chi connectivity index (χ3v) is 3.64. The summed E-state index contributed by atoms with van der Waals surface area (Å²) in [5.41, 5.74) is 2.68. The van der Waals surface area contributed by atoms with Crippen molar-refractivity contribution in [2.45, 2.75) is 13.1 Å². The Morgan fingerprint density at radius 1 is 1.26 bits per heavy atom. The monoisotopic (exact) mass is 318 g/mol. The number of pyridine rings is 1. The Labute approximate surface area is 118 Å². The van der Waals surface area contributed by atoms with Crippen LogP contribution in [-0.2, 0) is 13.1 Å². The molecule has 1 aliphatic heterocycles. The summed E-state index contributed by atoms with van der Waals surface area (Å²) < 4.78 is 0.672. The number of fused-ring (bicyclic) bond motifs is 1. The summed E-state index contributed by atoms with van der Waals surface area (Å²) in [6.07, 6.45) is 1.63. The van der Waals surface area contributed by atoms with Crippen molar-refractivity contribution >= 4 is 27.7 Å². The molecule has 0 saturated heterocycles. The molecule has 2 aromatic rings. The number of benzene rings is 1. The van der Waals surface area contributed by atoms with Crippen LogP contribution in [0.4, 0.5) is 5.82 Å². The normalized spacial score (nSPS) is 13.4. The van der Waals surface area contributed by atoms with E-state index in [0.717, 1.165) is 0 Å². The van der Waals surface area contributed by atoms with Gasteiger partial charge in [0.15, 0.2) is 0 Å². The lowest BCUT2D eigenvalue weighted by molar-refractivity contribution is 0.0697. The molecule has 0 saturated carbocycles. The van der Waals surface area contributed by atoms with Gasteiger partial charge < -0.3 is 10.0 Å². The molecular formula is C14H11BrN2O2. The van der Waals surface area contributed by atoms with Crippen LogP contribution in [0.2, 0.25) is 0 Å². The summed E-state index contributed by atoms with van der Waals surface area (Å²) >= 11 is 3.26. The number of carbonyl (C=O) groups is 1. The van der Waals surface area contributed by atoms with Gasteiger partial charge in [0.25, 0.3) is 0 Å². The zero-order valence-corrected chi connectivity index (χ0v) is 11.6. The number of nitrogens with zero attached hydrogens (tertiary/aromatic N) is 2. The van der Waals surface area contributed by atoms with Gasteiger partial charge in [0.2, 0.25) is 0 Å². The summed E-state index contributed by atoms with van der Waals surface area (Å²) in [7, 11) is 0. The number of aromatic carboxylic acids is 1. The zero-order chi connectivity index (χ0) is 13.4. The molecule has 1 aliphatic rings. The van der Waals surface area contributed by atoms with Crippen molar-refractivity contribution in [1.29, 1.82) is 0 Å². The highest BCUT2D eigenvalue weighted by Crippen LogP contribution is 2.30. The molecule has 0 unspecified atom stereocenters. The average Bonchev–Trinajstić information content (AvgIpc) is 2.82. The molecule has 0 atom stereocenters. The van der Waals surface area contributed by atoms with Gasteiger partial charge >= 0.3 is 5.97 Å². The topological polar surface area (TPSA) is 53.4 Å². The highest BCUT2D eigenvalue weighted by atomic mass is 79.9. The van der Waals surface area contributed by atoms with Gasteiger partial charge in [0, 0.05) is 23.8 Å². The molecule has 0 spiro atoms. The van der Waals surface area contributed by atoms with Gasteiger partial charge in [-0.1, -0.05) is 24.3 Å². The van der Waals surface area contributed by atoms with E-state index in [4.69, 9.17) is 0 Å². The Morgan fingerprint density at radius 2 is 1.89 bits per heavy atom. The minimum atomic E-state index is -0.959. The summed E-state index contributed by atoms with van der Waals surface area (Å²) in [6.45, 7) is 1.40. The first kappa shape index (κ1) is 12.2. The van der Waals surface area contributed by atoms with Gasteiger partial charge in [-0.15, -0.1) is 0 Å². The number of carboxylic acid groups (broad SMARTS) is 1. The number of carboxylic acids is 1. The highest BCUT2D eigenvalue weighted by molar-refractivity contribution is 9.10. The minimum absolute atomic E-state index is 0.224. The molecule has 1 aromatic carbocycles. The predicted molar refractivity (Wildman–Crippen MR) is 75.2 cm³/mol. The lowest BCUT2D eigenvalue weighted by Gasteiger charge is -2.18. The van der Waals surface area contributed by atoms with Crippen molar-refractivity contribution in [2.24, 2.45) is 0 Å². The third kappa shape index (κ3) is 2.21. The zero-order valence-electron chi connectivity index (χ0n) is 10.0. The predicted octanol–water partition coefficient (Wildman–Crippen LogP) is 3.06. The van der Waals surface area contributed by atoms with Crippen LogP contribution in [-0.4, -0.2) is 16.1 Å². The summed E-state index contributed by atoms with van der Waals surface area (Å²) in [5, 5.41) is 9.28. The van der Waals surface area contributed by atoms with Crippen LogP contribution in [0.15, 0.2) is 41.0 Å². The second kappa shape index (κ2) is 4.66. The van der Waals surface area contributed by atoms with E-state index >= 15 is 0 Å². The number of halogens is 1. The Bertz CT molecular complexity index is 633.